The molecule has 0 spiro atoms. The molecule has 0 N–H and O–H groups in total. The SMILES string of the molecule is O=S([O-])CC=Cc1ccccc1. The molecule has 1 aromatic carbocycles. The van der Waals surface area contributed by atoms with Crippen LogP contribution in [0, 0.1) is 0 Å². The predicted molar refractivity (Wildman–Crippen MR) is 49.3 cm³/mol. The van der Waals surface area contributed by atoms with E-state index in [9.17, 15) is 8.76 Å². The van der Waals surface area contributed by atoms with Crippen LogP contribution < -0.4 is 0 Å². The molecule has 0 aliphatic rings. The van der Waals surface area contributed by atoms with Crippen LogP contribution in [0.3, 0.4) is 0 Å². The standard InChI is InChI=1S/C9H10O2S/c10-12(11)8-4-7-9-5-2-1-3-6-9/h1-7H,8H2,(H,10,11)/p-1. The summed E-state index contributed by atoms with van der Waals surface area (Å²) in [6.45, 7) is 0. The molecule has 3 heteroatoms. The second kappa shape index (κ2) is 4.85. The molecule has 0 amide bonds. The summed E-state index contributed by atoms with van der Waals surface area (Å²) in [6, 6.07) is 9.58. The smallest absolute Gasteiger partial charge is 0.0285 e. The average Bonchev–Trinajstić information content (AvgIpc) is 2.05. The minimum absolute atomic E-state index is 0.0783. The Hall–Kier alpha value is -0.930. The molecule has 0 aliphatic carbocycles. The molecule has 0 aromatic heterocycles. The molecule has 1 unspecified atom stereocenters. The summed E-state index contributed by atoms with van der Waals surface area (Å²) < 4.78 is 20.3. The molecule has 2 nitrogen and oxygen atoms in total. The van der Waals surface area contributed by atoms with Gasteiger partial charge in [0, 0.05) is 5.75 Å². The third kappa shape index (κ3) is 3.46. The lowest BCUT2D eigenvalue weighted by Gasteiger charge is -1.97. The Morgan fingerprint density at radius 3 is 2.58 bits per heavy atom. The third-order valence-corrected chi connectivity index (χ3v) is 1.81. The monoisotopic (exact) mass is 181 g/mol. The van der Waals surface area contributed by atoms with Crippen LogP contribution in [0.4, 0.5) is 0 Å². The van der Waals surface area contributed by atoms with E-state index in [1.54, 1.807) is 12.2 Å². The Kier molecular flexibility index (Phi) is 3.70. The van der Waals surface area contributed by atoms with Crippen molar-refractivity contribution in [2.45, 2.75) is 0 Å². The van der Waals surface area contributed by atoms with E-state index in [1.165, 1.54) is 0 Å². The quantitative estimate of drug-likeness (QED) is 0.664. The van der Waals surface area contributed by atoms with Gasteiger partial charge in [0.2, 0.25) is 0 Å². The van der Waals surface area contributed by atoms with Gasteiger partial charge >= 0.3 is 0 Å². The molecule has 0 saturated carbocycles. The Bertz CT molecular complexity index is 280. The minimum Gasteiger partial charge on any atom is -0.772 e. The van der Waals surface area contributed by atoms with Crippen molar-refractivity contribution in [3.8, 4) is 0 Å². The van der Waals surface area contributed by atoms with Crippen molar-refractivity contribution in [1.82, 2.24) is 0 Å². The maximum atomic E-state index is 10.1. The molecule has 1 atom stereocenters. The van der Waals surface area contributed by atoms with E-state index in [0.29, 0.717) is 0 Å². The van der Waals surface area contributed by atoms with Crippen molar-refractivity contribution in [3.63, 3.8) is 0 Å². The molecular weight excluding hydrogens is 172 g/mol. The average molecular weight is 181 g/mol. The number of rotatable bonds is 3. The van der Waals surface area contributed by atoms with Crippen molar-refractivity contribution in [1.29, 1.82) is 0 Å². The Morgan fingerprint density at radius 2 is 2.00 bits per heavy atom. The van der Waals surface area contributed by atoms with E-state index in [-0.39, 0.29) is 5.75 Å². The first-order valence-corrected chi connectivity index (χ1v) is 4.81. The molecular formula is C9H9O2S-. The summed E-state index contributed by atoms with van der Waals surface area (Å²) >= 11 is -1.98. The van der Waals surface area contributed by atoms with Gasteiger partial charge in [0.05, 0.1) is 0 Å². The lowest BCUT2D eigenvalue weighted by atomic mass is 10.2. The summed E-state index contributed by atoms with van der Waals surface area (Å²) in [6.07, 6.45) is 3.41. The van der Waals surface area contributed by atoms with Crippen molar-refractivity contribution in [2.75, 3.05) is 5.75 Å². The molecule has 0 aliphatic heterocycles. The van der Waals surface area contributed by atoms with Crippen molar-refractivity contribution in [2.24, 2.45) is 0 Å². The second-order valence-corrected chi connectivity index (χ2v) is 3.22. The summed E-state index contributed by atoms with van der Waals surface area (Å²) in [7, 11) is 0. The number of hydrogen-bond acceptors (Lipinski definition) is 2. The van der Waals surface area contributed by atoms with Crippen LogP contribution in [-0.2, 0) is 11.1 Å². The normalized spacial score (nSPS) is 13.4. The Morgan fingerprint density at radius 1 is 1.33 bits per heavy atom. The largest absolute Gasteiger partial charge is 0.772 e. The summed E-state index contributed by atoms with van der Waals surface area (Å²) in [5.74, 6) is 0.0783. The molecule has 64 valence electrons. The number of hydrogen-bond donors (Lipinski definition) is 0. The predicted octanol–water partition coefficient (Wildman–Crippen LogP) is 1.58. The zero-order valence-electron chi connectivity index (χ0n) is 6.47. The fourth-order valence-corrected chi connectivity index (χ4v) is 1.08. The summed E-state index contributed by atoms with van der Waals surface area (Å²) in [5, 5.41) is 0. The maximum Gasteiger partial charge on any atom is 0.0285 e. The van der Waals surface area contributed by atoms with Crippen LogP contribution >= 0.6 is 0 Å². The Balaban J connectivity index is 2.52. The second-order valence-electron chi connectivity index (χ2n) is 2.28. The molecule has 0 saturated heterocycles. The van der Waals surface area contributed by atoms with Crippen LogP contribution in [0.2, 0.25) is 0 Å². The summed E-state index contributed by atoms with van der Waals surface area (Å²) in [4.78, 5) is 0. The van der Waals surface area contributed by atoms with Gasteiger partial charge in [-0.2, -0.15) is 0 Å². The van der Waals surface area contributed by atoms with Gasteiger partial charge in [-0.05, 0) is 5.56 Å². The van der Waals surface area contributed by atoms with Gasteiger partial charge in [-0.3, -0.25) is 4.21 Å². The van der Waals surface area contributed by atoms with E-state index < -0.39 is 11.1 Å². The van der Waals surface area contributed by atoms with Gasteiger partial charge in [-0.15, -0.1) is 0 Å². The number of benzene rings is 1. The van der Waals surface area contributed by atoms with Crippen LogP contribution in [0.15, 0.2) is 36.4 Å². The van der Waals surface area contributed by atoms with E-state index in [4.69, 9.17) is 0 Å². The molecule has 12 heavy (non-hydrogen) atoms. The van der Waals surface area contributed by atoms with Crippen molar-refractivity contribution >= 4 is 17.2 Å². The van der Waals surface area contributed by atoms with Gasteiger partial charge in [-0.1, -0.05) is 53.6 Å². The van der Waals surface area contributed by atoms with Gasteiger partial charge in [0.25, 0.3) is 0 Å². The molecule has 1 aromatic rings. The van der Waals surface area contributed by atoms with Crippen LogP contribution in [-0.4, -0.2) is 14.5 Å². The lowest BCUT2D eigenvalue weighted by molar-refractivity contribution is 0.540. The highest BCUT2D eigenvalue weighted by atomic mass is 32.2. The first-order valence-electron chi connectivity index (χ1n) is 3.56. The zero-order valence-corrected chi connectivity index (χ0v) is 7.29. The van der Waals surface area contributed by atoms with E-state index >= 15 is 0 Å². The molecule has 0 radical (unpaired) electrons. The van der Waals surface area contributed by atoms with Crippen LogP contribution in [0.1, 0.15) is 5.56 Å². The highest BCUT2D eigenvalue weighted by Crippen LogP contribution is 2.00. The maximum absolute atomic E-state index is 10.1. The topological polar surface area (TPSA) is 40.1 Å². The minimum atomic E-state index is -1.98. The fraction of sp³-hybridized carbons (Fsp3) is 0.111. The van der Waals surface area contributed by atoms with Gasteiger partial charge in [0.1, 0.15) is 0 Å². The fourth-order valence-electron chi connectivity index (χ4n) is 0.827. The third-order valence-electron chi connectivity index (χ3n) is 1.34. The molecule has 1 rings (SSSR count). The molecule has 0 fully saturated rings. The Labute approximate surface area is 74.2 Å². The zero-order chi connectivity index (χ0) is 8.81. The highest BCUT2D eigenvalue weighted by molar-refractivity contribution is 7.79. The molecule has 0 bridgehead atoms. The first kappa shape index (κ1) is 9.16. The van der Waals surface area contributed by atoms with Crippen LogP contribution in [0.25, 0.3) is 6.08 Å². The highest BCUT2D eigenvalue weighted by Gasteiger charge is 1.81. The summed E-state index contributed by atoms with van der Waals surface area (Å²) in [5.41, 5.74) is 1.02. The van der Waals surface area contributed by atoms with Crippen LogP contribution in [0.5, 0.6) is 0 Å². The van der Waals surface area contributed by atoms with Crippen molar-refractivity contribution < 1.29 is 8.76 Å². The van der Waals surface area contributed by atoms with E-state index in [0.717, 1.165) is 5.56 Å². The van der Waals surface area contributed by atoms with Crippen molar-refractivity contribution in [3.05, 3.63) is 42.0 Å². The lowest BCUT2D eigenvalue weighted by Crippen LogP contribution is -1.89. The van der Waals surface area contributed by atoms with Gasteiger partial charge < -0.3 is 4.55 Å². The van der Waals surface area contributed by atoms with Gasteiger partial charge in [0.15, 0.2) is 0 Å². The van der Waals surface area contributed by atoms with E-state index in [2.05, 4.69) is 0 Å². The van der Waals surface area contributed by atoms with E-state index in [1.807, 2.05) is 30.3 Å². The molecule has 0 heterocycles. The first-order chi connectivity index (χ1) is 5.79. The van der Waals surface area contributed by atoms with Gasteiger partial charge in [-0.25, -0.2) is 0 Å².